The fraction of sp³-hybridized carbons (Fsp3) is 0.923. The highest BCUT2D eigenvalue weighted by atomic mass is 16.3. The molecule has 2 saturated carbocycles. The quantitative estimate of drug-likeness (QED) is 0.640. The highest BCUT2D eigenvalue weighted by Gasteiger charge is 2.48. The molecule has 4 nitrogen and oxygen atoms in total. The van der Waals surface area contributed by atoms with Gasteiger partial charge in [-0.3, -0.25) is 4.79 Å². The lowest BCUT2D eigenvalue weighted by atomic mass is 9.94. The number of nitrogens with two attached hydrogens (primary N) is 1. The topological polar surface area (TPSA) is 75.4 Å². The molecule has 0 heterocycles. The summed E-state index contributed by atoms with van der Waals surface area (Å²) in [5.74, 6) is 0.0395. The van der Waals surface area contributed by atoms with Gasteiger partial charge in [-0.15, -0.1) is 0 Å². The van der Waals surface area contributed by atoms with Crippen molar-refractivity contribution in [3.63, 3.8) is 0 Å². The standard InChI is InChI=1S/C13H24N2O2/c14-9-12(7-8-12)11(16)15-10-13(17)5-3-1-2-4-6-13/h17H,1-10,14H2,(H,15,16). The van der Waals surface area contributed by atoms with Crippen molar-refractivity contribution in [1.29, 1.82) is 0 Å². The average molecular weight is 240 g/mol. The van der Waals surface area contributed by atoms with Crippen molar-refractivity contribution in [2.75, 3.05) is 13.1 Å². The molecule has 2 fully saturated rings. The molecule has 0 atom stereocenters. The first-order chi connectivity index (χ1) is 8.10. The second-order valence-electron chi connectivity index (χ2n) is 5.81. The third kappa shape index (κ3) is 2.99. The van der Waals surface area contributed by atoms with Gasteiger partial charge in [-0.05, 0) is 25.7 Å². The average Bonchev–Trinajstić information content (AvgIpc) is 3.12. The minimum atomic E-state index is -0.684. The smallest absolute Gasteiger partial charge is 0.227 e. The van der Waals surface area contributed by atoms with Gasteiger partial charge >= 0.3 is 0 Å². The van der Waals surface area contributed by atoms with E-state index in [0.29, 0.717) is 13.1 Å². The van der Waals surface area contributed by atoms with Crippen LogP contribution in [0.15, 0.2) is 0 Å². The first kappa shape index (κ1) is 12.8. The molecule has 0 radical (unpaired) electrons. The Morgan fingerprint density at radius 3 is 2.18 bits per heavy atom. The summed E-state index contributed by atoms with van der Waals surface area (Å²) in [7, 11) is 0. The third-order valence-electron chi connectivity index (χ3n) is 4.34. The SMILES string of the molecule is NCC1(C(=O)NCC2(O)CCCCCC2)CC1. The number of hydrogen-bond donors (Lipinski definition) is 3. The van der Waals surface area contributed by atoms with Crippen molar-refractivity contribution in [3.05, 3.63) is 0 Å². The van der Waals surface area contributed by atoms with Crippen LogP contribution in [0.5, 0.6) is 0 Å². The summed E-state index contributed by atoms with van der Waals surface area (Å²) in [6.45, 7) is 0.824. The number of amides is 1. The Labute approximate surface area is 103 Å². The van der Waals surface area contributed by atoms with Crippen LogP contribution in [0, 0.1) is 5.41 Å². The fourth-order valence-corrected chi connectivity index (χ4v) is 2.67. The molecular formula is C13H24N2O2. The Kier molecular flexibility index (Phi) is 3.73. The maximum Gasteiger partial charge on any atom is 0.227 e. The molecule has 98 valence electrons. The summed E-state index contributed by atoms with van der Waals surface area (Å²) in [5, 5.41) is 13.3. The van der Waals surface area contributed by atoms with Gasteiger partial charge < -0.3 is 16.2 Å². The van der Waals surface area contributed by atoms with Gasteiger partial charge in [0.15, 0.2) is 0 Å². The first-order valence-corrected chi connectivity index (χ1v) is 6.81. The van der Waals surface area contributed by atoms with Crippen molar-refractivity contribution in [3.8, 4) is 0 Å². The molecule has 0 saturated heterocycles. The van der Waals surface area contributed by atoms with Crippen LogP contribution in [0.25, 0.3) is 0 Å². The lowest BCUT2D eigenvalue weighted by Gasteiger charge is -2.27. The van der Waals surface area contributed by atoms with E-state index in [-0.39, 0.29) is 11.3 Å². The van der Waals surface area contributed by atoms with E-state index in [1.54, 1.807) is 0 Å². The molecule has 0 unspecified atom stereocenters. The van der Waals surface area contributed by atoms with Crippen LogP contribution < -0.4 is 11.1 Å². The van der Waals surface area contributed by atoms with Crippen LogP contribution in [0.1, 0.15) is 51.4 Å². The van der Waals surface area contributed by atoms with Gasteiger partial charge in [-0.2, -0.15) is 0 Å². The molecule has 4 heteroatoms. The molecule has 0 aromatic rings. The maximum atomic E-state index is 11.9. The molecule has 0 spiro atoms. The Bertz CT molecular complexity index is 279. The Morgan fingerprint density at radius 2 is 1.71 bits per heavy atom. The van der Waals surface area contributed by atoms with Crippen molar-refractivity contribution >= 4 is 5.91 Å². The number of nitrogens with one attached hydrogen (secondary N) is 1. The predicted molar refractivity (Wildman–Crippen MR) is 66.4 cm³/mol. The van der Waals surface area contributed by atoms with E-state index in [4.69, 9.17) is 5.73 Å². The summed E-state index contributed by atoms with van der Waals surface area (Å²) in [5.41, 5.74) is 4.62. The fourth-order valence-electron chi connectivity index (χ4n) is 2.67. The second kappa shape index (κ2) is 4.94. The zero-order valence-electron chi connectivity index (χ0n) is 10.5. The molecule has 4 N–H and O–H groups in total. The molecule has 0 aliphatic heterocycles. The monoisotopic (exact) mass is 240 g/mol. The van der Waals surface area contributed by atoms with E-state index < -0.39 is 5.60 Å². The predicted octanol–water partition coefficient (Wildman–Crippen LogP) is 0.927. The van der Waals surface area contributed by atoms with Crippen LogP contribution in [0.4, 0.5) is 0 Å². The minimum Gasteiger partial charge on any atom is -0.388 e. The van der Waals surface area contributed by atoms with E-state index in [9.17, 15) is 9.90 Å². The van der Waals surface area contributed by atoms with E-state index in [1.165, 1.54) is 12.8 Å². The molecule has 2 aliphatic carbocycles. The van der Waals surface area contributed by atoms with Crippen LogP contribution in [-0.2, 0) is 4.79 Å². The third-order valence-corrected chi connectivity index (χ3v) is 4.34. The maximum absolute atomic E-state index is 11.9. The largest absolute Gasteiger partial charge is 0.388 e. The van der Waals surface area contributed by atoms with E-state index in [0.717, 1.165) is 38.5 Å². The summed E-state index contributed by atoms with van der Waals surface area (Å²) in [6.07, 6.45) is 7.93. The van der Waals surface area contributed by atoms with Gasteiger partial charge in [0, 0.05) is 13.1 Å². The van der Waals surface area contributed by atoms with Crippen LogP contribution >= 0.6 is 0 Å². The number of carbonyl (C=O) groups is 1. The second-order valence-corrected chi connectivity index (χ2v) is 5.81. The normalized spacial score (nSPS) is 26.0. The lowest BCUT2D eigenvalue weighted by molar-refractivity contribution is -0.127. The Morgan fingerprint density at radius 1 is 1.12 bits per heavy atom. The van der Waals surface area contributed by atoms with Crippen molar-refractivity contribution in [2.45, 2.75) is 57.0 Å². The van der Waals surface area contributed by atoms with Gasteiger partial charge in [0.2, 0.25) is 5.91 Å². The summed E-state index contributed by atoms with van der Waals surface area (Å²) < 4.78 is 0. The summed E-state index contributed by atoms with van der Waals surface area (Å²) in [4.78, 5) is 11.9. The Hall–Kier alpha value is -0.610. The molecule has 0 aromatic carbocycles. The molecule has 2 rings (SSSR count). The van der Waals surface area contributed by atoms with Gasteiger partial charge in [-0.25, -0.2) is 0 Å². The molecule has 0 bridgehead atoms. The van der Waals surface area contributed by atoms with Gasteiger partial charge in [0.1, 0.15) is 0 Å². The number of aliphatic hydroxyl groups is 1. The number of rotatable bonds is 4. The van der Waals surface area contributed by atoms with E-state index in [2.05, 4.69) is 5.32 Å². The highest BCUT2D eigenvalue weighted by Crippen LogP contribution is 2.44. The van der Waals surface area contributed by atoms with E-state index in [1.807, 2.05) is 0 Å². The van der Waals surface area contributed by atoms with Crippen LogP contribution in [0.2, 0.25) is 0 Å². The number of hydrogen-bond acceptors (Lipinski definition) is 3. The van der Waals surface area contributed by atoms with Gasteiger partial charge in [0.05, 0.1) is 11.0 Å². The molecule has 1 amide bonds. The molecule has 0 aromatic heterocycles. The van der Waals surface area contributed by atoms with Crippen molar-refractivity contribution in [2.24, 2.45) is 11.1 Å². The summed E-state index contributed by atoms with van der Waals surface area (Å²) >= 11 is 0. The lowest BCUT2D eigenvalue weighted by Crippen LogP contribution is -2.46. The Balaban J connectivity index is 1.82. The molecule has 2 aliphatic rings. The van der Waals surface area contributed by atoms with Crippen molar-refractivity contribution < 1.29 is 9.90 Å². The minimum absolute atomic E-state index is 0.0395. The molecule has 17 heavy (non-hydrogen) atoms. The van der Waals surface area contributed by atoms with Crippen LogP contribution in [0.3, 0.4) is 0 Å². The zero-order chi connectivity index (χ0) is 12.4. The van der Waals surface area contributed by atoms with Crippen LogP contribution in [-0.4, -0.2) is 29.7 Å². The highest BCUT2D eigenvalue weighted by molar-refractivity contribution is 5.85. The number of carbonyl (C=O) groups excluding carboxylic acids is 1. The molecular weight excluding hydrogens is 216 g/mol. The van der Waals surface area contributed by atoms with Crippen molar-refractivity contribution in [1.82, 2.24) is 5.32 Å². The zero-order valence-corrected chi connectivity index (χ0v) is 10.5. The summed E-state index contributed by atoms with van der Waals surface area (Å²) in [6, 6.07) is 0. The van der Waals surface area contributed by atoms with E-state index >= 15 is 0 Å². The van der Waals surface area contributed by atoms with Gasteiger partial charge in [-0.1, -0.05) is 25.7 Å². The van der Waals surface area contributed by atoms with Gasteiger partial charge in [0.25, 0.3) is 0 Å². The first-order valence-electron chi connectivity index (χ1n) is 6.81.